The minimum absolute atomic E-state index is 0.0436. The summed E-state index contributed by atoms with van der Waals surface area (Å²) in [5.74, 6) is -0.391. The third-order valence-corrected chi connectivity index (χ3v) is 3.61. The van der Waals surface area contributed by atoms with Gasteiger partial charge >= 0.3 is 5.97 Å². The van der Waals surface area contributed by atoms with E-state index in [9.17, 15) is 9.59 Å². The number of hydrogen-bond donors (Lipinski definition) is 1. The molecule has 2 rings (SSSR count). The van der Waals surface area contributed by atoms with Crippen molar-refractivity contribution in [2.24, 2.45) is 0 Å². The van der Waals surface area contributed by atoms with Gasteiger partial charge < -0.3 is 15.0 Å². The highest BCUT2D eigenvalue weighted by Crippen LogP contribution is 2.23. The average molecular weight is 297 g/mol. The van der Waals surface area contributed by atoms with Crippen LogP contribution in [0.1, 0.15) is 23.2 Å². The maximum absolute atomic E-state index is 11.9. The third kappa shape index (κ3) is 3.42. The largest absolute Gasteiger partial charge is 0.465 e. The Bertz CT molecular complexity index is 513. The fraction of sp³-hybridized carbons (Fsp3) is 0.429. The number of amides is 1. The van der Waals surface area contributed by atoms with Gasteiger partial charge in [0.05, 0.1) is 29.9 Å². The summed E-state index contributed by atoms with van der Waals surface area (Å²) in [5, 5.41) is 3.44. The Balaban J connectivity index is 2.01. The lowest BCUT2D eigenvalue weighted by atomic mass is 10.2. The molecule has 1 aliphatic rings. The molecule has 5 nitrogen and oxygen atoms in total. The van der Waals surface area contributed by atoms with Gasteiger partial charge in [0.25, 0.3) is 0 Å². The van der Waals surface area contributed by atoms with Crippen molar-refractivity contribution in [2.45, 2.75) is 12.8 Å². The van der Waals surface area contributed by atoms with Crippen LogP contribution in [0.2, 0.25) is 5.02 Å². The molecule has 1 aromatic carbocycles. The second-order valence-electron chi connectivity index (χ2n) is 4.63. The van der Waals surface area contributed by atoms with E-state index in [2.05, 4.69) is 10.1 Å². The van der Waals surface area contributed by atoms with Crippen molar-refractivity contribution >= 4 is 29.2 Å². The van der Waals surface area contributed by atoms with Crippen molar-refractivity contribution in [3.63, 3.8) is 0 Å². The quantitative estimate of drug-likeness (QED) is 0.865. The average Bonchev–Trinajstić information content (AvgIpc) is 2.99. The molecule has 0 saturated carbocycles. The highest BCUT2D eigenvalue weighted by Gasteiger charge is 2.18. The van der Waals surface area contributed by atoms with Gasteiger partial charge in [-0.15, -0.1) is 0 Å². The number of benzene rings is 1. The molecule has 6 heteroatoms. The minimum atomic E-state index is -0.435. The highest BCUT2D eigenvalue weighted by molar-refractivity contribution is 6.33. The zero-order chi connectivity index (χ0) is 14.5. The maximum Gasteiger partial charge on any atom is 0.337 e. The van der Waals surface area contributed by atoms with Crippen LogP contribution >= 0.6 is 11.6 Å². The van der Waals surface area contributed by atoms with E-state index in [0.717, 1.165) is 25.9 Å². The first-order valence-electron chi connectivity index (χ1n) is 6.51. The van der Waals surface area contributed by atoms with Crippen molar-refractivity contribution in [1.82, 2.24) is 4.90 Å². The molecule has 1 heterocycles. The van der Waals surface area contributed by atoms with E-state index in [1.165, 1.54) is 7.11 Å². The zero-order valence-corrected chi connectivity index (χ0v) is 12.1. The molecule has 1 aromatic rings. The summed E-state index contributed by atoms with van der Waals surface area (Å²) in [6, 6.07) is 4.78. The monoisotopic (exact) mass is 296 g/mol. The molecule has 0 radical (unpaired) electrons. The van der Waals surface area contributed by atoms with Crippen molar-refractivity contribution in [1.29, 1.82) is 0 Å². The van der Waals surface area contributed by atoms with Crippen molar-refractivity contribution in [2.75, 3.05) is 32.1 Å². The Morgan fingerprint density at radius 1 is 1.35 bits per heavy atom. The van der Waals surface area contributed by atoms with Gasteiger partial charge in [0, 0.05) is 13.1 Å². The van der Waals surface area contributed by atoms with E-state index < -0.39 is 5.97 Å². The van der Waals surface area contributed by atoms with Crippen molar-refractivity contribution in [3.8, 4) is 0 Å². The molecule has 1 N–H and O–H groups in total. The number of halogens is 1. The van der Waals surface area contributed by atoms with Crippen LogP contribution in [0.5, 0.6) is 0 Å². The van der Waals surface area contributed by atoms with Crippen LogP contribution in [0, 0.1) is 0 Å². The summed E-state index contributed by atoms with van der Waals surface area (Å²) in [5.41, 5.74) is 0.954. The topological polar surface area (TPSA) is 58.6 Å². The summed E-state index contributed by atoms with van der Waals surface area (Å²) >= 11 is 6.05. The predicted molar refractivity (Wildman–Crippen MR) is 77.1 cm³/mol. The lowest BCUT2D eigenvalue weighted by molar-refractivity contribution is -0.128. The predicted octanol–water partition coefficient (Wildman–Crippen LogP) is 2.16. The van der Waals surface area contributed by atoms with Crippen molar-refractivity contribution in [3.05, 3.63) is 28.8 Å². The van der Waals surface area contributed by atoms with Gasteiger partial charge in [-0.3, -0.25) is 4.79 Å². The molecule has 0 aromatic heterocycles. The number of methoxy groups -OCH3 is 1. The fourth-order valence-corrected chi connectivity index (χ4v) is 2.34. The van der Waals surface area contributed by atoms with E-state index >= 15 is 0 Å². The first-order chi connectivity index (χ1) is 9.61. The van der Waals surface area contributed by atoms with Crippen LogP contribution in [-0.2, 0) is 9.53 Å². The lowest BCUT2D eigenvalue weighted by Gasteiger charge is -2.16. The number of carbonyl (C=O) groups excluding carboxylic acids is 2. The second-order valence-corrected chi connectivity index (χ2v) is 5.03. The smallest absolute Gasteiger partial charge is 0.337 e. The number of carbonyl (C=O) groups is 2. The van der Waals surface area contributed by atoms with Crippen LogP contribution in [-0.4, -0.2) is 43.5 Å². The van der Waals surface area contributed by atoms with E-state index in [-0.39, 0.29) is 12.5 Å². The first-order valence-corrected chi connectivity index (χ1v) is 6.89. The number of nitrogens with zero attached hydrogens (tertiary/aromatic N) is 1. The number of likely N-dealkylation sites (tertiary alicyclic amines) is 1. The standard InChI is InChI=1S/C14H17ClN2O3/c1-20-14(19)10-4-5-11(15)12(8-10)16-9-13(18)17-6-2-3-7-17/h4-5,8,16H,2-3,6-7,9H2,1H3. The third-order valence-electron chi connectivity index (χ3n) is 3.28. The summed E-state index contributed by atoms with van der Waals surface area (Å²) in [7, 11) is 1.32. The van der Waals surface area contributed by atoms with Gasteiger partial charge in [0.15, 0.2) is 0 Å². The lowest BCUT2D eigenvalue weighted by Crippen LogP contribution is -2.33. The molecular formula is C14H17ClN2O3. The first kappa shape index (κ1) is 14.7. The van der Waals surface area contributed by atoms with E-state index in [1.54, 1.807) is 18.2 Å². The van der Waals surface area contributed by atoms with E-state index in [0.29, 0.717) is 16.3 Å². The minimum Gasteiger partial charge on any atom is -0.465 e. The summed E-state index contributed by atoms with van der Waals surface area (Å²) in [6.07, 6.45) is 2.12. The molecule has 0 atom stereocenters. The number of anilines is 1. The Labute approximate surface area is 122 Å². The van der Waals surface area contributed by atoms with Gasteiger partial charge in [-0.1, -0.05) is 11.6 Å². The number of esters is 1. The van der Waals surface area contributed by atoms with Crippen LogP contribution in [0.15, 0.2) is 18.2 Å². The normalized spacial score (nSPS) is 14.2. The SMILES string of the molecule is COC(=O)c1ccc(Cl)c(NCC(=O)N2CCCC2)c1. The van der Waals surface area contributed by atoms with E-state index in [1.807, 2.05) is 4.90 Å². The molecule has 1 aliphatic heterocycles. The van der Waals surface area contributed by atoms with Crippen LogP contribution in [0.4, 0.5) is 5.69 Å². The molecule has 1 amide bonds. The summed E-state index contributed by atoms with van der Waals surface area (Å²) < 4.78 is 4.65. The zero-order valence-electron chi connectivity index (χ0n) is 11.3. The second kappa shape index (κ2) is 6.61. The molecular weight excluding hydrogens is 280 g/mol. The highest BCUT2D eigenvalue weighted by atomic mass is 35.5. The van der Waals surface area contributed by atoms with Gasteiger partial charge in [-0.25, -0.2) is 4.79 Å². The molecule has 1 fully saturated rings. The molecule has 0 unspecified atom stereocenters. The Morgan fingerprint density at radius 2 is 2.05 bits per heavy atom. The van der Waals surface area contributed by atoms with Crippen LogP contribution in [0.25, 0.3) is 0 Å². The molecule has 20 heavy (non-hydrogen) atoms. The van der Waals surface area contributed by atoms with Gasteiger partial charge in [0.2, 0.25) is 5.91 Å². The van der Waals surface area contributed by atoms with Gasteiger partial charge in [0.1, 0.15) is 0 Å². The molecule has 0 bridgehead atoms. The molecule has 0 spiro atoms. The summed E-state index contributed by atoms with van der Waals surface area (Å²) in [6.45, 7) is 1.80. The Kier molecular flexibility index (Phi) is 4.84. The van der Waals surface area contributed by atoms with E-state index in [4.69, 9.17) is 11.6 Å². The van der Waals surface area contributed by atoms with Crippen LogP contribution < -0.4 is 5.32 Å². The van der Waals surface area contributed by atoms with Crippen LogP contribution in [0.3, 0.4) is 0 Å². The van der Waals surface area contributed by atoms with Crippen molar-refractivity contribution < 1.29 is 14.3 Å². The van der Waals surface area contributed by atoms with Gasteiger partial charge in [-0.05, 0) is 31.0 Å². The molecule has 108 valence electrons. The number of hydrogen-bond acceptors (Lipinski definition) is 4. The molecule has 0 aliphatic carbocycles. The fourth-order valence-electron chi connectivity index (χ4n) is 2.15. The summed E-state index contributed by atoms with van der Waals surface area (Å²) in [4.78, 5) is 25.2. The number of nitrogens with one attached hydrogen (secondary N) is 1. The van der Waals surface area contributed by atoms with Gasteiger partial charge in [-0.2, -0.15) is 0 Å². The Morgan fingerprint density at radius 3 is 2.70 bits per heavy atom. The molecule has 1 saturated heterocycles. The Hall–Kier alpha value is -1.75. The maximum atomic E-state index is 11.9. The number of rotatable bonds is 4. The number of ether oxygens (including phenoxy) is 1.